The summed E-state index contributed by atoms with van der Waals surface area (Å²) in [6.07, 6.45) is -4.74. The highest BCUT2D eigenvalue weighted by Gasteiger charge is 2.31. The summed E-state index contributed by atoms with van der Waals surface area (Å²) >= 11 is 0. The molecule has 3 rings (SSSR count). The van der Waals surface area contributed by atoms with Crippen LogP contribution in [0.25, 0.3) is 0 Å². The second kappa shape index (κ2) is 8.97. The van der Waals surface area contributed by atoms with E-state index < -0.39 is 6.36 Å². The van der Waals surface area contributed by atoms with Crippen molar-refractivity contribution in [2.24, 2.45) is 0 Å². The maximum Gasteiger partial charge on any atom is 0.573 e. The van der Waals surface area contributed by atoms with Crippen LogP contribution in [-0.2, 0) is 0 Å². The minimum atomic E-state index is -4.74. The normalized spacial score (nSPS) is 15.3. The van der Waals surface area contributed by atoms with Gasteiger partial charge in [0.2, 0.25) is 0 Å². The number of piperazine rings is 1. The van der Waals surface area contributed by atoms with Crippen LogP contribution in [0.4, 0.5) is 18.9 Å². The summed E-state index contributed by atoms with van der Waals surface area (Å²) in [5.74, 6) is -0.665. The number of amides is 1. The Morgan fingerprint density at radius 1 is 0.964 bits per heavy atom. The molecule has 1 fully saturated rings. The zero-order chi connectivity index (χ0) is 20.0. The predicted molar refractivity (Wildman–Crippen MR) is 101 cm³/mol. The van der Waals surface area contributed by atoms with Gasteiger partial charge in [-0.1, -0.05) is 18.2 Å². The zero-order valence-corrected chi connectivity index (χ0v) is 15.3. The fourth-order valence-electron chi connectivity index (χ4n) is 3.11. The first-order chi connectivity index (χ1) is 13.4. The standard InChI is InChI=1S/C20H22F3N3O2/c21-20(22,23)28-18-8-6-16(7-9-18)19(27)24-10-11-25-12-14-26(15-13-25)17-4-2-1-3-5-17/h1-9H,10-15H2,(H,24,27). The Morgan fingerprint density at radius 3 is 2.21 bits per heavy atom. The summed E-state index contributed by atoms with van der Waals surface area (Å²) in [5, 5.41) is 2.80. The maximum absolute atomic E-state index is 12.2. The summed E-state index contributed by atoms with van der Waals surface area (Å²) in [4.78, 5) is 16.7. The number of alkyl halides is 3. The molecule has 150 valence electrons. The van der Waals surface area contributed by atoms with Crippen molar-refractivity contribution in [1.29, 1.82) is 0 Å². The first kappa shape index (κ1) is 20.0. The van der Waals surface area contributed by atoms with Gasteiger partial charge in [0.25, 0.3) is 5.91 Å². The van der Waals surface area contributed by atoms with Gasteiger partial charge in [0, 0.05) is 50.5 Å². The van der Waals surface area contributed by atoms with Gasteiger partial charge in [-0.25, -0.2) is 0 Å². The van der Waals surface area contributed by atoms with E-state index in [9.17, 15) is 18.0 Å². The lowest BCUT2D eigenvalue weighted by Crippen LogP contribution is -2.48. The Balaban J connectivity index is 1.39. The summed E-state index contributed by atoms with van der Waals surface area (Å²) in [6.45, 7) is 4.88. The molecule has 1 saturated heterocycles. The molecule has 0 spiro atoms. The number of carbonyl (C=O) groups is 1. The molecule has 0 radical (unpaired) electrons. The molecule has 1 heterocycles. The number of rotatable bonds is 6. The topological polar surface area (TPSA) is 44.8 Å². The molecule has 0 saturated carbocycles. The summed E-state index contributed by atoms with van der Waals surface area (Å²) in [6, 6.07) is 15.1. The van der Waals surface area contributed by atoms with Gasteiger partial charge in [0.15, 0.2) is 0 Å². The lowest BCUT2D eigenvalue weighted by molar-refractivity contribution is -0.274. The van der Waals surface area contributed by atoms with Gasteiger partial charge >= 0.3 is 6.36 Å². The molecule has 5 nitrogen and oxygen atoms in total. The van der Waals surface area contributed by atoms with Crippen molar-refractivity contribution in [3.8, 4) is 5.75 Å². The number of halogens is 3. The van der Waals surface area contributed by atoms with Crippen molar-refractivity contribution in [2.75, 3.05) is 44.2 Å². The van der Waals surface area contributed by atoms with Crippen molar-refractivity contribution in [3.63, 3.8) is 0 Å². The van der Waals surface area contributed by atoms with Crippen molar-refractivity contribution in [2.45, 2.75) is 6.36 Å². The van der Waals surface area contributed by atoms with E-state index >= 15 is 0 Å². The molecule has 1 aliphatic rings. The summed E-state index contributed by atoms with van der Waals surface area (Å²) in [5.41, 5.74) is 1.51. The molecule has 1 aliphatic heterocycles. The van der Waals surface area contributed by atoms with Gasteiger partial charge in [-0.05, 0) is 36.4 Å². The molecular formula is C20H22F3N3O2. The van der Waals surface area contributed by atoms with Crippen LogP contribution in [0.5, 0.6) is 5.75 Å². The third-order valence-corrected chi connectivity index (χ3v) is 4.56. The Bertz CT molecular complexity index is 759. The Kier molecular flexibility index (Phi) is 6.41. The number of nitrogens with one attached hydrogen (secondary N) is 1. The molecule has 0 aliphatic carbocycles. The minimum absolute atomic E-state index is 0.295. The largest absolute Gasteiger partial charge is 0.573 e. The molecule has 2 aromatic carbocycles. The average molecular weight is 393 g/mol. The Labute approximate surface area is 161 Å². The Hall–Kier alpha value is -2.74. The first-order valence-corrected chi connectivity index (χ1v) is 9.07. The van der Waals surface area contributed by atoms with Gasteiger partial charge in [-0.15, -0.1) is 13.2 Å². The quantitative estimate of drug-likeness (QED) is 0.819. The first-order valence-electron chi connectivity index (χ1n) is 9.07. The van der Waals surface area contributed by atoms with Gasteiger partial charge < -0.3 is 15.0 Å². The highest BCUT2D eigenvalue weighted by atomic mass is 19.4. The SMILES string of the molecule is O=C(NCCN1CCN(c2ccccc2)CC1)c1ccc(OC(F)(F)F)cc1. The number of carbonyl (C=O) groups excluding carboxylic acids is 1. The van der Waals surface area contributed by atoms with E-state index in [1.54, 1.807) is 0 Å². The molecule has 8 heteroatoms. The monoisotopic (exact) mass is 393 g/mol. The molecular weight excluding hydrogens is 371 g/mol. The van der Waals surface area contributed by atoms with E-state index in [1.807, 2.05) is 18.2 Å². The molecule has 28 heavy (non-hydrogen) atoms. The van der Waals surface area contributed by atoms with Crippen LogP contribution >= 0.6 is 0 Å². The third kappa shape index (κ3) is 5.88. The number of anilines is 1. The summed E-state index contributed by atoms with van der Waals surface area (Å²) < 4.78 is 40.3. The molecule has 0 unspecified atom stereocenters. The molecule has 0 bridgehead atoms. The van der Waals surface area contributed by atoms with E-state index in [0.717, 1.165) is 44.9 Å². The molecule has 1 N–H and O–H groups in total. The third-order valence-electron chi connectivity index (χ3n) is 4.56. The Morgan fingerprint density at radius 2 is 1.61 bits per heavy atom. The number of benzene rings is 2. The van der Waals surface area contributed by atoms with Crippen molar-refractivity contribution >= 4 is 11.6 Å². The van der Waals surface area contributed by atoms with Crippen LogP contribution in [0.1, 0.15) is 10.4 Å². The molecule has 0 aromatic heterocycles. The van der Waals surface area contributed by atoms with Crippen LogP contribution in [0.15, 0.2) is 54.6 Å². The molecule has 1 amide bonds. The number of hydrogen-bond acceptors (Lipinski definition) is 4. The van der Waals surface area contributed by atoms with Crippen molar-refractivity contribution < 1.29 is 22.7 Å². The van der Waals surface area contributed by atoms with E-state index in [1.165, 1.54) is 17.8 Å². The molecule has 2 aromatic rings. The van der Waals surface area contributed by atoms with Crippen LogP contribution in [-0.4, -0.2) is 56.4 Å². The van der Waals surface area contributed by atoms with Crippen LogP contribution in [0.2, 0.25) is 0 Å². The highest BCUT2D eigenvalue weighted by molar-refractivity contribution is 5.94. The number of hydrogen-bond donors (Lipinski definition) is 1. The summed E-state index contributed by atoms with van der Waals surface area (Å²) in [7, 11) is 0. The highest BCUT2D eigenvalue weighted by Crippen LogP contribution is 2.22. The van der Waals surface area contributed by atoms with Crippen LogP contribution in [0, 0.1) is 0 Å². The fourth-order valence-corrected chi connectivity index (χ4v) is 3.11. The fraction of sp³-hybridized carbons (Fsp3) is 0.350. The van der Waals surface area contributed by atoms with Crippen molar-refractivity contribution in [3.05, 3.63) is 60.2 Å². The van der Waals surface area contributed by atoms with Gasteiger partial charge in [-0.3, -0.25) is 9.69 Å². The van der Waals surface area contributed by atoms with Gasteiger partial charge in [0.05, 0.1) is 0 Å². The minimum Gasteiger partial charge on any atom is -0.406 e. The van der Waals surface area contributed by atoms with Crippen LogP contribution in [0.3, 0.4) is 0 Å². The van der Waals surface area contributed by atoms with E-state index in [-0.39, 0.29) is 11.7 Å². The van der Waals surface area contributed by atoms with Crippen LogP contribution < -0.4 is 15.0 Å². The average Bonchev–Trinajstić information content (AvgIpc) is 2.68. The van der Waals surface area contributed by atoms with E-state index in [4.69, 9.17) is 0 Å². The predicted octanol–water partition coefficient (Wildman–Crippen LogP) is 3.14. The van der Waals surface area contributed by atoms with Gasteiger partial charge in [0.1, 0.15) is 5.75 Å². The second-order valence-electron chi connectivity index (χ2n) is 6.49. The number of para-hydroxylation sites is 1. The lowest BCUT2D eigenvalue weighted by atomic mass is 10.2. The van der Waals surface area contributed by atoms with E-state index in [0.29, 0.717) is 12.1 Å². The second-order valence-corrected chi connectivity index (χ2v) is 6.49. The van der Waals surface area contributed by atoms with Crippen molar-refractivity contribution in [1.82, 2.24) is 10.2 Å². The number of nitrogens with zero attached hydrogens (tertiary/aromatic N) is 2. The maximum atomic E-state index is 12.2. The molecule has 0 atom stereocenters. The van der Waals surface area contributed by atoms with Gasteiger partial charge in [-0.2, -0.15) is 0 Å². The smallest absolute Gasteiger partial charge is 0.406 e. The van der Waals surface area contributed by atoms with E-state index in [2.05, 4.69) is 32.0 Å². The lowest BCUT2D eigenvalue weighted by Gasteiger charge is -2.36. The number of ether oxygens (including phenoxy) is 1. The zero-order valence-electron chi connectivity index (χ0n) is 15.3.